The lowest BCUT2D eigenvalue weighted by molar-refractivity contribution is 0.102. The Morgan fingerprint density at radius 2 is 1.97 bits per heavy atom. The summed E-state index contributed by atoms with van der Waals surface area (Å²) in [5.74, 6) is 0.438. The number of ether oxygens (including phenoxy) is 1. The SMILES string of the molecule is COc1ccc(-c2n[nH]c3ccc(NC(=O)c4ncc(C#N)cc4C)cc23)cc1. The molecule has 2 N–H and O–H groups in total. The summed E-state index contributed by atoms with van der Waals surface area (Å²) in [5, 5.41) is 20.1. The van der Waals surface area contributed by atoms with Gasteiger partial charge >= 0.3 is 0 Å². The minimum Gasteiger partial charge on any atom is -0.497 e. The number of anilines is 1. The Labute approximate surface area is 167 Å². The Hall–Kier alpha value is -4.18. The van der Waals surface area contributed by atoms with Gasteiger partial charge in [0.15, 0.2) is 0 Å². The number of carbonyl (C=O) groups excluding carboxylic acids is 1. The van der Waals surface area contributed by atoms with E-state index in [1.54, 1.807) is 26.2 Å². The number of hydrogen-bond donors (Lipinski definition) is 2. The number of aromatic nitrogens is 3. The first-order valence-corrected chi connectivity index (χ1v) is 8.89. The molecule has 0 aliphatic rings. The van der Waals surface area contributed by atoms with Crippen molar-refractivity contribution in [2.45, 2.75) is 6.92 Å². The van der Waals surface area contributed by atoms with Crippen LogP contribution in [0.1, 0.15) is 21.6 Å². The molecule has 4 aromatic rings. The van der Waals surface area contributed by atoms with E-state index >= 15 is 0 Å². The van der Waals surface area contributed by atoms with Crippen LogP contribution in [0.5, 0.6) is 5.75 Å². The molecule has 2 heterocycles. The van der Waals surface area contributed by atoms with Crippen LogP contribution in [0.4, 0.5) is 5.69 Å². The van der Waals surface area contributed by atoms with Crippen LogP contribution in [0.25, 0.3) is 22.2 Å². The summed E-state index contributed by atoms with van der Waals surface area (Å²) in [6.07, 6.45) is 1.39. The molecule has 7 heteroatoms. The molecule has 0 fully saturated rings. The largest absolute Gasteiger partial charge is 0.497 e. The number of aromatic amines is 1. The Bertz CT molecular complexity index is 1250. The quantitative estimate of drug-likeness (QED) is 0.553. The first kappa shape index (κ1) is 18.2. The first-order valence-electron chi connectivity index (χ1n) is 8.89. The topological polar surface area (TPSA) is 104 Å². The minimum absolute atomic E-state index is 0.284. The van der Waals surface area contributed by atoms with E-state index in [1.807, 2.05) is 42.5 Å². The third-order valence-corrected chi connectivity index (χ3v) is 4.61. The maximum Gasteiger partial charge on any atom is 0.274 e. The van der Waals surface area contributed by atoms with Gasteiger partial charge in [-0.2, -0.15) is 10.4 Å². The number of fused-ring (bicyclic) bond motifs is 1. The van der Waals surface area contributed by atoms with Gasteiger partial charge in [0.25, 0.3) is 5.91 Å². The average molecular weight is 383 g/mol. The van der Waals surface area contributed by atoms with Crippen molar-refractivity contribution >= 4 is 22.5 Å². The molecular formula is C22H17N5O2. The number of carbonyl (C=O) groups is 1. The van der Waals surface area contributed by atoms with Gasteiger partial charge in [0.2, 0.25) is 0 Å². The molecule has 0 saturated heterocycles. The highest BCUT2D eigenvalue weighted by Crippen LogP contribution is 2.29. The van der Waals surface area contributed by atoms with Crippen molar-refractivity contribution < 1.29 is 9.53 Å². The lowest BCUT2D eigenvalue weighted by Crippen LogP contribution is -2.15. The summed E-state index contributed by atoms with van der Waals surface area (Å²) in [5.41, 5.74) is 4.56. The third kappa shape index (κ3) is 3.51. The summed E-state index contributed by atoms with van der Waals surface area (Å²) < 4.78 is 5.20. The molecule has 0 spiro atoms. The van der Waals surface area contributed by atoms with Crippen LogP contribution in [0.3, 0.4) is 0 Å². The number of benzene rings is 2. The maximum atomic E-state index is 12.6. The molecule has 2 aromatic carbocycles. The standard InChI is InChI=1S/C22H17N5O2/c1-13-9-14(11-23)12-24-20(13)22(28)25-16-5-8-19-18(10-16)21(27-26-19)15-3-6-17(29-2)7-4-15/h3-10,12H,1-2H3,(H,25,28)(H,26,27). The van der Waals surface area contributed by atoms with Crippen molar-refractivity contribution in [2.24, 2.45) is 0 Å². The zero-order valence-electron chi connectivity index (χ0n) is 15.9. The van der Waals surface area contributed by atoms with E-state index in [0.717, 1.165) is 27.9 Å². The number of methoxy groups -OCH3 is 1. The van der Waals surface area contributed by atoms with Crippen molar-refractivity contribution in [1.29, 1.82) is 5.26 Å². The fraction of sp³-hybridized carbons (Fsp3) is 0.0909. The van der Waals surface area contributed by atoms with Gasteiger partial charge in [0, 0.05) is 22.8 Å². The smallest absolute Gasteiger partial charge is 0.274 e. The Morgan fingerprint density at radius 1 is 1.17 bits per heavy atom. The molecule has 0 bridgehead atoms. The number of amides is 1. The Balaban J connectivity index is 1.65. The van der Waals surface area contributed by atoms with E-state index in [4.69, 9.17) is 10.00 Å². The van der Waals surface area contributed by atoms with Crippen molar-refractivity contribution in [1.82, 2.24) is 15.2 Å². The van der Waals surface area contributed by atoms with E-state index in [2.05, 4.69) is 20.5 Å². The second kappa shape index (κ2) is 7.44. The summed E-state index contributed by atoms with van der Waals surface area (Å²) in [4.78, 5) is 16.8. The van der Waals surface area contributed by atoms with Gasteiger partial charge in [-0.3, -0.25) is 9.89 Å². The molecule has 2 aromatic heterocycles. The fourth-order valence-electron chi connectivity index (χ4n) is 3.12. The Kier molecular flexibility index (Phi) is 4.67. The number of nitrogens with one attached hydrogen (secondary N) is 2. The lowest BCUT2D eigenvalue weighted by atomic mass is 10.1. The van der Waals surface area contributed by atoms with E-state index in [-0.39, 0.29) is 11.6 Å². The molecule has 4 rings (SSSR count). The fourth-order valence-corrected chi connectivity index (χ4v) is 3.12. The maximum absolute atomic E-state index is 12.6. The summed E-state index contributed by atoms with van der Waals surface area (Å²) in [6.45, 7) is 1.75. The highest BCUT2D eigenvalue weighted by Gasteiger charge is 2.14. The number of H-pyrrole nitrogens is 1. The summed E-state index contributed by atoms with van der Waals surface area (Å²) in [6, 6.07) is 16.8. The number of aryl methyl sites for hydroxylation is 1. The number of nitrogens with zero attached hydrogens (tertiary/aromatic N) is 3. The zero-order valence-corrected chi connectivity index (χ0v) is 15.9. The van der Waals surface area contributed by atoms with Gasteiger partial charge < -0.3 is 10.1 Å². The summed E-state index contributed by atoms with van der Waals surface area (Å²) >= 11 is 0. The second-order valence-corrected chi connectivity index (χ2v) is 6.52. The molecule has 0 aliphatic heterocycles. The van der Waals surface area contributed by atoms with Gasteiger partial charge in [0.1, 0.15) is 17.5 Å². The van der Waals surface area contributed by atoms with Gasteiger partial charge in [-0.25, -0.2) is 4.98 Å². The van der Waals surface area contributed by atoms with Crippen LogP contribution in [-0.2, 0) is 0 Å². The first-order chi connectivity index (χ1) is 14.1. The lowest BCUT2D eigenvalue weighted by Gasteiger charge is -2.08. The normalized spacial score (nSPS) is 10.5. The van der Waals surface area contributed by atoms with Crippen molar-refractivity contribution in [3.63, 3.8) is 0 Å². The molecule has 1 amide bonds. The molecule has 0 aliphatic carbocycles. The van der Waals surface area contributed by atoms with Crippen LogP contribution in [-0.4, -0.2) is 28.2 Å². The molecule has 0 unspecified atom stereocenters. The molecule has 0 atom stereocenters. The molecule has 0 saturated carbocycles. The molecule has 7 nitrogen and oxygen atoms in total. The number of nitriles is 1. The van der Waals surface area contributed by atoms with E-state index in [1.165, 1.54) is 6.20 Å². The monoisotopic (exact) mass is 383 g/mol. The van der Waals surface area contributed by atoms with Crippen LogP contribution in [0.2, 0.25) is 0 Å². The van der Waals surface area contributed by atoms with Crippen LogP contribution < -0.4 is 10.1 Å². The van der Waals surface area contributed by atoms with Crippen LogP contribution in [0.15, 0.2) is 54.7 Å². The van der Waals surface area contributed by atoms with Gasteiger partial charge in [-0.05, 0) is 61.0 Å². The number of rotatable bonds is 4. The minimum atomic E-state index is -0.333. The Morgan fingerprint density at radius 3 is 2.66 bits per heavy atom. The highest BCUT2D eigenvalue weighted by molar-refractivity contribution is 6.05. The summed E-state index contributed by atoms with van der Waals surface area (Å²) in [7, 11) is 1.62. The molecular weight excluding hydrogens is 366 g/mol. The average Bonchev–Trinajstić information content (AvgIpc) is 3.16. The second-order valence-electron chi connectivity index (χ2n) is 6.52. The van der Waals surface area contributed by atoms with Gasteiger partial charge in [-0.15, -0.1) is 0 Å². The zero-order chi connectivity index (χ0) is 20.4. The van der Waals surface area contributed by atoms with Crippen LogP contribution in [0, 0.1) is 18.3 Å². The molecule has 0 radical (unpaired) electrons. The highest BCUT2D eigenvalue weighted by atomic mass is 16.5. The van der Waals surface area contributed by atoms with Crippen LogP contribution >= 0.6 is 0 Å². The number of pyridine rings is 1. The van der Waals surface area contributed by atoms with Gasteiger partial charge in [-0.1, -0.05) is 0 Å². The van der Waals surface area contributed by atoms with E-state index in [9.17, 15) is 4.79 Å². The van der Waals surface area contributed by atoms with E-state index in [0.29, 0.717) is 16.8 Å². The molecule has 142 valence electrons. The predicted molar refractivity (Wildman–Crippen MR) is 110 cm³/mol. The molecule has 29 heavy (non-hydrogen) atoms. The third-order valence-electron chi connectivity index (χ3n) is 4.61. The predicted octanol–water partition coefficient (Wildman–Crippen LogP) is 4.07. The van der Waals surface area contributed by atoms with Gasteiger partial charge in [0.05, 0.1) is 23.9 Å². The number of hydrogen-bond acceptors (Lipinski definition) is 5. The van der Waals surface area contributed by atoms with Crippen molar-refractivity contribution in [3.05, 3.63) is 71.5 Å². The van der Waals surface area contributed by atoms with Crippen molar-refractivity contribution in [3.8, 4) is 23.1 Å². The van der Waals surface area contributed by atoms with Crippen molar-refractivity contribution in [2.75, 3.05) is 12.4 Å². The van der Waals surface area contributed by atoms with E-state index < -0.39 is 0 Å².